The molecule has 2 N–H and O–H groups in total. The molecule has 0 radical (unpaired) electrons. The molecular weight excluding hydrogens is 563 g/mol. The fourth-order valence-electron chi connectivity index (χ4n) is 4.01. The molecular formula is C25H23ClF3N3O4S2. The number of aromatic nitrogens is 1. The highest BCUT2D eigenvalue weighted by Crippen LogP contribution is 2.52. The normalized spacial score (nSPS) is 18.6. The van der Waals surface area contributed by atoms with E-state index in [-0.39, 0.29) is 27.6 Å². The minimum absolute atomic E-state index is 0.0924. The topological polar surface area (TPSA) is 95.5 Å². The average Bonchev–Trinajstić information content (AvgIpc) is 3.40. The number of thiazole rings is 1. The maximum absolute atomic E-state index is 13.7. The van der Waals surface area contributed by atoms with Crippen LogP contribution in [0.2, 0.25) is 5.02 Å². The van der Waals surface area contributed by atoms with Crippen LogP contribution in [0.25, 0.3) is 0 Å². The van der Waals surface area contributed by atoms with Crippen LogP contribution in [-0.4, -0.2) is 26.5 Å². The lowest BCUT2D eigenvalue weighted by atomic mass is 9.94. The third kappa shape index (κ3) is 5.32. The summed E-state index contributed by atoms with van der Waals surface area (Å²) in [5, 5.41) is 3.25. The zero-order valence-corrected chi connectivity index (χ0v) is 22.8. The predicted octanol–water partition coefficient (Wildman–Crippen LogP) is 6.07. The SMILES string of the molecule is CC(C)(C)[S+]([O-])N[C@@H](c1cnc(NC(=O)C2(c3ccc4c(c3)OC(F)(F)O4)CC2)s1)c1ccc(F)cc1Cl. The highest BCUT2D eigenvalue weighted by atomic mass is 35.5. The molecule has 1 aliphatic carbocycles. The molecule has 3 aromatic rings. The van der Waals surface area contributed by atoms with Gasteiger partial charge in [-0.25, -0.2) is 9.37 Å². The Bertz CT molecular complexity index is 1390. The van der Waals surface area contributed by atoms with E-state index in [1.807, 2.05) is 20.8 Å². The lowest BCUT2D eigenvalue weighted by Crippen LogP contribution is -2.41. The van der Waals surface area contributed by atoms with Crippen LogP contribution in [0.3, 0.4) is 0 Å². The summed E-state index contributed by atoms with van der Waals surface area (Å²) in [6.07, 6.45) is -1.17. The second kappa shape index (κ2) is 9.60. The number of carbonyl (C=O) groups is 1. The Balaban J connectivity index is 1.38. The van der Waals surface area contributed by atoms with Crippen molar-refractivity contribution in [1.82, 2.24) is 9.71 Å². The summed E-state index contributed by atoms with van der Waals surface area (Å²) in [7, 11) is 0. The van der Waals surface area contributed by atoms with Gasteiger partial charge in [-0.3, -0.25) is 4.79 Å². The smallest absolute Gasteiger partial charge is 0.586 e. The van der Waals surface area contributed by atoms with E-state index < -0.39 is 39.7 Å². The summed E-state index contributed by atoms with van der Waals surface area (Å²) < 4.78 is 64.9. The van der Waals surface area contributed by atoms with Crippen LogP contribution in [0.15, 0.2) is 42.6 Å². The summed E-state index contributed by atoms with van der Waals surface area (Å²) in [5.74, 6) is -1.06. The summed E-state index contributed by atoms with van der Waals surface area (Å²) >= 11 is 5.97. The lowest BCUT2D eigenvalue weighted by Gasteiger charge is -2.28. The monoisotopic (exact) mass is 585 g/mol. The Morgan fingerprint density at radius 2 is 1.89 bits per heavy atom. The number of alkyl halides is 2. The molecule has 0 spiro atoms. The molecule has 0 bridgehead atoms. The van der Waals surface area contributed by atoms with Gasteiger partial charge in [0.05, 0.1) is 10.3 Å². The van der Waals surface area contributed by atoms with Crippen LogP contribution >= 0.6 is 22.9 Å². The van der Waals surface area contributed by atoms with Gasteiger partial charge in [-0.05, 0) is 69.0 Å². The number of halogens is 4. The Hall–Kier alpha value is -2.51. The van der Waals surface area contributed by atoms with E-state index in [1.54, 1.807) is 6.07 Å². The maximum Gasteiger partial charge on any atom is 0.586 e. The van der Waals surface area contributed by atoms with Gasteiger partial charge in [0.25, 0.3) is 0 Å². The van der Waals surface area contributed by atoms with Gasteiger partial charge in [-0.2, -0.15) is 0 Å². The van der Waals surface area contributed by atoms with Crippen molar-refractivity contribution < 1.29 is 32.0 Å². The van der Waals surface area contributed by atoms with Crippen molar-refractivity contribution in [2.75, 3.05) is 5.32 Å². The number of rotatable bonds is 7. The standard InChI is InChI=1S/C25H23ClF3N3O4S2/c1-23(2,3)38(34)32-20(15-6-5-14(27)11-16(15)26)19-12-30-22(37-19)31-21(33)24(8-9-24)13-4-7-17-18(10-13)36-25(28,29)35-17/h4-7,10-12,20,32H,8-9H2,1-3H3,(H,30,31,33)/t20-,38?/m1/s1. The summed E-state index contributed by atoms with van der Waals surface area (Å²) in [6, 6.07) is 7.59. The number of nitrogens with zero attached hydrogens (tertiary/aromatic N) is 1. The molecule has 5 rings (SSSR count). The molecule has 7 nitrogen and oxygen atoms in total. The van der Waals surface area contributed by atoms with Crippen LogP contribution in [0.4, 0.5) is 18.3 Å². The van der Waals surface area contributed by atoms with Crippen molar-refractivity contribution in [1.29, 1.82) is 0 Å². The van der Waals surface area contributed by atoms with Crippen LogP contribution in [0, 0.1) is 5.82 Å². The van der Waals surface area contributed by atoms with Crippen molar-refractivity contribution in [2.24, 2.45) is 0 Å². The first-order chi connectivity index (χ1) is 17.8. The Kier molecular flexibility index (Phi) is 6.84. The van der Waals surface area contributed by atoms with Gasteiger partial charge in [-0.15, -0.1) is 13.5 Å². The number of benzene rings is 2. The second-order valence-electron chi connectivity index (χ2n) is 10.0. The molecule has 2 aliphatic rings. The number of hydrogen-bond acceptors (Lipinski definition) is 7. The summed E-state index contributed by atoms with van der Waals surface area (Å²) in [5.41, 5.74) is 0.126. The zero-order chi connectivity index (χ0) is 27.5. The minimum atomic E-state index is -3.74. The van der Waals surface area contributed by atoms with E-state index >= 15 is 0 Å². The summed E-state index contributed by atoms with van der Waals surface area (Å²) in [6.45, 7) is 5.43. The van der Waals surface area contributed by atoms with E-state index in [1.165, 1.54) is 36.5 Å². The molecule has 1 amide bonds. The molecule has 2 heterocycles. The predicted molar refractivity (Wildman–Crippen MR) is 139 cm³/mol. The van der Waals surface area contributed by atoms with Gasteiger partial charge in [0, 0.05) is 22.6 Å². The van der Waals surface area contributed by atoms with Gasteiger partial charge in [0.2, 0.25) is 5.91 Å². The first-order valence-corrected chi connectivity index (χ1v) is 13.9. The van der Waals surface area contributed by atoms with Crippen LogP contribution < -0.4 is 19.5 Å². The van der Waals surface area contributed by atoms with Crippen molar-refractivity contribution in [3.8, 4) is 11.5 Å². The van der Waals surface area contributed by atoms with Crippen molar-refractivity contribution in [3.63, 3.8) is 0 Å². The molecule has 1 unspecified atom stereocenters. The number of carbonyl (C=O) groups excluding carboxylic acids is 1. The Morgan fingerprint density at radius 1 is 1.18 bits per heavy atom. The fourth-order valence-corrected chi connectivity index (χ4v) is 6.06. The summed E-state index contributed by atoms with van der Waals surface area (Å²) in [4.78, 5) is 18.2. The molecule has 1 saturated carbocycles. The highest BCUT2D eigenvalue weighted by molar-refractivity contribution is 7.90. The zero-order valence-electron chi connectivity index (χ0n) is 20.4. The molecule has 1 fully saturated rings. The lowest BCUT2D eigenvalue weighted by molar-refractivity contribution is -0.286. The number of hydrogen-bond donors (Lipinski definition) is 2. The molecule has 38 heavy (non-hydrogen) atoms. The number of anilines is 1. The number of amides is 1. The Morgan fingerprint density at radius 3 is 2.55 bits per heavy atom. The average molecular weight is 586 g/mol. The number of nitrogens with one attached hydrogen (secondary N) is 2. The van der Waals surface area contributed by atoms with Crippen LogP contribution in [0.1, 0.15) is 55.7 Å². The van der Waals surface area contributed by atoms with Crippen molar-refractivity contribution in [3.05, 3.63) is 69.4 Å². The van der Waals surface area contributed by atoms with Crippen LogP contribution in [0.5, 0.6) is 11.5 Å². The highest BCUT2D eigenvalue weighted by Gasteiger charge is 2.53. The van der Waals surface area contributed by atoms with Gasteiger partial charge in [0.15, 0.2) is 16.6 Å². The van der Waals surface area contributed by atoms with E-state index in [0.29, 0.717) is 28.8 Å². The molecule has 1 aliphatic heterocycles. The van der Waals surface area contributed by atoms with Crippen molar-refractivity contribution >= 4 is 45.3 Å². The molecule has 2 aromatic carbocycles. The van der Waals surface area contributed by atoms with Gasteiger partial charge >= 0.3 is 6.29 Å². The first kappa shape index (κ1) is 27.1. The minimum Gasteiger partial charge on any atom is -0.598 e. The van der Waals surface area contributed by atoms with Gasteiger partial charge in [-0.1, -0.05) is 35.1 Å². The number of fused-ring (bicyclic) bond motifs is 1. The fraction of sp³-hybridized carbons (Fsp3) is 0.360. The largest absolute Gasteiger partial charge is 0.598 e. The van der Waals surface area contributed by atoms with Crippen LogP contribution in [-0.2, 0) is 21.6 Å². The van der Waals surface area contributed by atoms with Gasteiger partial charge < -0.3 is 19.3 Å². The third-order valence-corrected chi connectivity index (χ3v) is 9.09. The van der Waals surface area contributed by atoms with E-state index in [0.717, 1.165) is 11.3 Å². The number of ether oxygens (including phenoxy) is 2. The van der Waals surface area contributed by atoms with E-state index in [2.05, 4.69) is 24.5 Å². The molecule has 13 heteroatoms. The Labute approximate surface area is 229 Å². The molecule has 2 atom stereocenters. The van der Waals surface area contributed by atoms with Crippen molar-refractivity contribution in [2.45, 2.75) is 56.1 Å². The quantitative estimate of drug-likeness (QED) is 0.327. The first-order valence-electron chi connectivity index (χ1n) is 11.6. The molecule has 0 saturated heterocycles. The van der Waals surface area contributed by atoms with E-state index in [9.17, 15) is 22.5 Å². The second-order valence-corrected chi connectivity index (χ2v) is 13.5. The molecule has 1 aromatic heterocycles. The molecule has 202 valence electrons. The third-order valence-electron chi connectivity index (χ3n) is 6.22. The van der Waals surface area contributed by atoms with E-state index in [4.69, 9.17) is 11.6 Å². The van der Waals surface area contributed by atoms with Gasteiger partial charge in [0.1, 0.15) is 16.6 Å². The maximum atomic E-state index is 13.7.